The van der Waals surface area contributed by atoms with E-state index >= 15 is 0 Å². The van der Waals surface area contributed by atoms with E-state index in [1.54, 1.807) is 6.08 Å². The van der Waals surface area contributed by atoms with Gasteiger partial charge in [-0.3, -0.25) is 19.8 Å². The quantitative estimate of drug-likeness (QED) is 0.360. The van der Waals surface area contributed by atoms with Crippen LogP contribution in [0.3, 0.4) is 0 Å². The highest BCUT2D eigenvalue weighted by Gasteiger charge is 2.35. The molecule has 2 aliphatic heterocycles. The Bertz CT molecular complexity index is 1270. The fourth-order valence-corrected chi connectivity index (χ4v) is 5.12. The van der Waals surface area contributed by atoms with Crippen molar-refractivity contribution in [3.05, 3.63) is 70.3 Å². The van der Waals surface area contributed by atoms with Crippen molar-refractivity contribution in [2.24, 2.45) is 0 Å². The monoisotopic (exact) mass is 473 g/mol. The van der Waals surface area contributed by atoms with Gasteiger partial charge in [0, 0.05) is 17.8 Å². The van der Waals surface area contributed by atoms with E-state index in [0.29, 0.717) is 5.69 Å². The molecule has 2 heterocycles. The third kappa shape index (κ3) is 4.07. The molecule has 0 aliphatic carbocycles. The molecule has 176 valence electrons. The molecule has 2 aromatic rings. The van der Waals surface area contributed by atoms with Gasteiger partial charge in [-0.1, -0.05) is 31.2 Å². The van der Waals surface area contributed by atoms with Gasteiger partial charge in [0.05, 0.1) is 11.2 Å². The zero-order chi connectivity index (χ0) is 24.8. The molecule has 0 atom stereocenters. The predicted molar refractivity (Wildman–Crippen MR) is 144 cm³/mol. The lowest BCUT2D eigenvalue weighted by atomic mass is 9.87. The first-order valence-corrected chi connectivity index (χ1v) is 12.0. The number of hydrogen-bond donors (Lipinski definition) is 1. The maximum Gasteiger partial charge on any atom is 0.270 e. The molecule has 5 nitrogen and oxygen atoms in total. The smallest absolute Gasteiger partial charge is 0.270 e. The fraction of sp³-hybridized carbons (Fsp3) is 0.321. The van der Waals surface area contributed by atoms with Gasteiger partial charge >= 0.3 is 0 Å². The van der Waals surface area contributed by atoms with Gasteiger partial charge in [0.1, 0.15) is 5.57 Å². The molecule has 0 spiro atoms. The highest BCUT2D eigenvalue weighted by Crippen LogP contribution is 2.39. The maximum atomic E-state index is 13.5. The van der Waals surface area contributed by atoms with Crippen LogP contribution in [0.4, 0.5) is 11.4 Å². The highest BCUT2D eigenvalue weighted by molar-refractivity contribution is 7.80. The molecule has 0 bridgehead atoms. The van der Waals surface area contributed by atoms with Crippen LogP contribution in [0.1, 0.15) is 56.4 Å². The van der Waals surface area contributed by atoms with Gasteiger partial charge < -0.3 is 4.90 Å². The number of rotatable bonds is 4. The van der Waals surface area contributed by atoms with E-state index in [-0.39, 0.29) is 16.2 Å². The van der Waals surface area contributed by atoms with Crippen molar-refractivity contribution in [2.75, 3.05) is 16.3 Å². The Balaban J connectivity index is 1.76. The Kier molecular flexibility index (Phi) is 6.21. The molecule has 0 unspecified atom stereocenters. The van der Waals surface area contributed by atoms with Gasteiger partial charge in [-0.25, -0.2) is 0 Å². The number of carbonyl (C=O) groups is 2. The lowest BCUT2D eigenvalue weighted by molar-refractivity contribution is -0.122. The largest absolute Gasteiger partial charge is 0.362 e. The summed E-state index contributed by atoms with van der Waals surface area (Å²) >= 11 is 5.37. The lowest BCUT2D eigenvalue weighted by Crippen LogP contribution is -2.54. The van der Waals surface area contributed by atoms with Gasteiger partial charge in [0.15, 0.2) is 5.11 Å². The standard InChI is InChI=1S/C28H31N3O2S/c1-7-13-30-24-12-11-20(14-21(24)18(3)16-28(30,5)6)15-22-25(32)29-27(34)31(26(22)33)23-10-8-9-17(2)19(23)4/h8-12,14-16H,7,13H2,1-6H3,(H,29,32,34)/b22-15-. The fourth-order valence-electron chi connectivity index (χ4n) is 4.84. The highest BCUT2D eigenvalue weighted by atomic mass is 32.1. The van der Waals surface area contributed by atoms with Crippen LogP contribution in [0.5, 0.6) is 0 Å². The molecule has 0 radical (unpaired) electrons. The molecule has 0 aromatic heterocycles. The van der Waals surface area contributed by atoms with Crippen LogP contribution in [0.2, 0.25) is 0 Å². The summed E-state index contributed by atoms with van der Waals surface area (Å²) in [6, 6.07) is 11.8. The van der Waals surface area contributed by atoms with E-state index in [1.165, 1.54) is 16.2 Å². The van der Waals surface area contributed by atoms with E-state index in [4.69, 9.17) is 12.2 Å². The molecule has 1 N–H and O–H groups in total. The van der Waals surface area contributed by atoms with E-state index in [2.05, 4.69) is 56.1 Å². The minimum atomic E-state index is -0.477. The minimum absolute atomic E-state index is 0.0673. The van der Waals surface area contributed by atoms with Crippen LogP contribution < -0.4 is 15.1 Å². The van der Waals surface area contributed by atoms with Crippen LogP contribution >= 0.6 is 12.2 Å². The molecule has 1 saturated heterocycles. The Hall–Kier alpha value is -3.25. The zero-order valence-corrected chi connectivity index (χ0v) is 21.5. The molecule has 2 aliphatic rings. The zero-order valence-electron chi connectivity index (χ0n) is 20.7. The normalized spacial score (nSPS) is 18.7. The number of aryl methyl sites for hydroxylation is 1. The van der Waals surface area contributed by atoms with E-state index in [1.807, 2.05) is 38.1 Å². The summed E-state index contributed by atoms with van der Waals surface area (Å²) in [7, 11) is 0. The summed E-state index contributed by atoms with van der Waals surface area (Å²) in [5.41, 5.74) is 6.95. The number of allylic oxidation sites excluding steroid dienone is 1. The number of benzene rings is 2. The van der Waals surface area contributed by atoms with Crippen LogP contribution in [0, 0.1) is 13.8 Å². The van der Waals surface area contributed by atoms with Gasteiger partial charge in [0.2, 0.25) is 0 Å². The molecule has 1 fully saturated rings. The summed E-state index contributed by atoms with van der Waals surface area (Å²) in [6.07, 6.45) is 4.99. The Morgan fingerprint density at radius 2 is 1.79 bits per heavy atom. The molecular formula is C28H31N3O2S. The number of fused-ring (bicyclic) bond motifs is 1. The second-order valence-electron chi connectivity index (χ2n) is 9.59. The summed E-state index contributed by atoms with van der Waals surface area (Å²) < 4.78 is 0. The van der Waals surface area contributed by atoms with Crippen molar-refractivity contribution >= 4 is 52.2 Å². The summed E-state index contributed by atoms with van der Waals surface area (Å²) in [6.45, 7) is 13.6. The number of amides is 2. The van der Waals surface area contributed by atoms with Gasteiger partial charge in [-0.15, -0.1) is 0 Å². The first-order valence-electron chi connectivity index (χ1n) is 11.6. The number of thiocarbonyl (C=S) groups is 1. The van der Waals surface area contributed by atoms with Gasteiger partial charge in [0.25, 0.3) is 11.8 Å². The van der Waals surface area contributed by atoms with E-state index < -0.39 is 11.8 Å². The average Bonchev–Trinajstić information content (AvgIpc) is 2.76. The van der Waals surface area contributed by atoms with Crippen molar-refractivity contribution in [3.8, 4) is 0 Å². The van der Waals surface area contributed by atoms with Crippen molar-refractivity contribution < 1.29 is 9.59 Å². The second kappa shape index (κ2) is 8.84. The first kappa shape index (κ1) is 23.9. The van der Waals surface area contributed by atoms with Crippen molar-refractivity contribution in [3.63, 3.8) is 0 Å². The first-order chi connectivity index (χ1) is 16.0. The lowest BCUT2D eigenvalue weighted by Gasteiger charge is -2.43. The molecule has 34 heavy (non-hydrogen) atoms. The predicted octanol–water partition coefficient (Wildman–Crippen LogP) is 5.55. The second-order valence-corrected chi connectivity index (χ2v) is 9.97. The minimum Gasteiger partial charge on any atom is -0.362 e. The van der Waals surface area contributed by atoms with Gasteiger partial charge in [-0.05, 0) is 99.8 Å². The van der Waals surface area contributed by atoms with Crippen molar-refractivity contribution in [1.82, 2.24) is 5.32 Å². The molecule has 0 saturated carbocycles. The van der Waals surface area contributed by atoms with Gasteiger partial charge in [-0.2, -0.15) is 0 Å². The molecule has 2 aromatic carbocycles. The maximum absolute atomic E-state index is 13.5. The molecular weight excluding hydrogens is 442 g/mol. The van der Waals surface area contributed by atoms with E-state index in [0.717, 1.165) is 35.2 Å². The van der Waals surface area contributed by atoms with Crippen LogP contribution in [0.15, 0.2) is 48.0 Å². The Morgan fingerprint density at radius 1 is 1.06 bits per heavy atom. The van der Waals surface area contributed by atoms with Crippen molar-refractivity contribution in [2.45, 2.75) is 53.5 Å². The third-order valence-electron chi connectivity index (χ3n) is 6.68. The Labute approximate surface area is 207 Å². The number of carbonyl (C=O) groups excluding carboxylic acids is 2. The molecule has 6 heteroatoms. The molecule has 2 amide bonds. The summed E-state index contributed by atoms with van der Waals surface area (Å²) in [4.78, 5) is 30.1. The average molecular weight is 474 g/mol. The van der Waals surface area contributed by atoms with Crippen LogP contribution in [0.25, 0.3) is 11.6 Å². The number of hydrogen-bond acceptors (Lipinski definition) is 4. The third-order valence-corrected chi connectivity index (χ3v) is 6.96. The SMILES string of the molecule is CCCN1c2ccc(/C=C3/C(=O)NC(=S)N(c4cccc(C)c4C)C3=O)cc2C(C)=CC1(C)C. The number of nitrogens with one attached hydrogen (secondary N) is 1. The summed E-state index contributed by atoms with van der Waals surface area (Å²) in [5.74, 6) is -0.892. The Morgan fingerprint density at radius 3 is 2.50 bits per heavy atom. The number of anilines is 2. The summed E-state index contributed by atoms with van der Waals surface area (Å²) in [5, 5.41) is 2.79. The van der Waals surface area contributed by atoms with E-state index in [9.17, 15) is 9.59 Å². The number of nitrogens with zero attached hydrogens (tertiary/aromatic N) is 2. The topological polar surface area (TPSA) is 52.7 Å². The van der Waals surface area contributed by atoms with Crippen LogP contribution in [-0.4, -0.2) is 29.0 Å². The van der Waals surface area contributed by atoms with Crippen molar-refractivity contribution in [1.29, 1.82) is 0 Å². The molecule has 4 rings (SSSR count). The van der Waals surface area contributed by atoms with Crippen LogP contribution in [-0.2, 0) is 9.59 Å².